The fourth-order valence-corrected chi connectivity index (χ4v) is 4.02. The predicted molar refractivity (Wildman–Crippen MR) is 130 cm³/mol. The van der Waals surface area contributed by atoms with Gasteiger partial charge in [-0.3, -0.25) is 9.59 Å². The SMILES string of the molecule is COc1ccccc1C1/C(=C(\O)c2cccc(OC(C)C)c2)C(=O)C(=O)N1CCCOC(C)C. The molecule has 7 heteroatoms. The summed E-state index contributed by atoms with van der Waals surface area (Å²) in [6, 6.07) is 13.3. The number of carbonyl (C=O) groups excluding carboxylic acids is 2. The van der Waals surface area contributed by atoms with Crippen LogP contribution in [0.3, 0.4) is 0 Å². The monoisotopic (exact) mass is 467 g/mol. The summed E-state index contributed by atoms with van der Waals surface area (Å²) < 4.78 is 16.9. The van der Waals surface area contributed by atoms with E-state index in [-0.39, 0.29) is 23.5 Å². The number of nitrogens with zero attached hydrogens (tertiary/aromatic N) is 1. The summed E-state index contributed by atoms with van der Waals surface area (Å²) in [6.07, 6.45) is 0.569. The number of aliphatic hydroxyl groups excluding tert-OH is 1. The molecular formula is C27H33NO6. The third-order valence-corrected chi connectivity index (χ3v) is 5.45. The predicted octanol–water partition coefficient (Wildman–Crippen LogP) is 4.72. The Labute approximate surface area is 200 Å². The maximum atomic E-state index is 13.2. The van der Waals surface area contributed by atoms with Crippen LogP contribution in [0.5, 0.6) is 11.5 Å². The second-order valence-corrected chi connectivity index (χ2v) is 8.70. The highest BCUT2D eigenvalue weighted by Crippen LogP contribution is 2.42. The third-order valence-electron chi connectivity index (χ3n) is 5.45. The average molecular weight is 468 g/mol. The van der Waals surface area contributed by atoms with Crippen LogP contribution in [0.25, 0.3) is 5.76 Å². The van der Waals surface area contributed by atoms with E-state index in [1.165, 1.54) is 12.0 Å². The van der Waals surface area contributed by atoms with Crippen LogP contribution in [-0.4, -0.2) is 54.2 Å². The van der Waals surface area contributed by atoms with Crippen molar-refractivity contribution in [1.82, 2.24) is 4.90 Å². The lowest BCUT2D eigenvalue weighted by Crippen LogP contribution is -2.31. The number of amides is 1. The van der Waals surface area contributed by atoms with E-state index in [9.17, 15) is 14.7 Å². The molecule has 1 heterocycles. The van der Waals surface area contributed by atoms with Crippen molar-refractivity contribution in [2.45, 2.75) is 52.4 Å². The molecule has 1 aliphatic heterocycles. The molecule has 2 aromatic carbocycles. The van der Waals surface area contributed by atoms with Gasteiger partial charge in [0.05, 0.1) is 30.9 Å². The summed E-state index contributed by atoms with van der Waals surface area (Å²) >= 11 is 0. The minimum absolute atomic E-state index is 0.0287. The van der Waals surface area contributed by atoms with Crippen molar-refractivity contribution in [2.24, 2.45) is 0 Å². The number of benzene rings is 2. The summed E-state index contributed by atoms with van der Waals surface area (Å²) in [5.41, 5.74) is 1.06. The molecule has 1 atom stereocenters. The Balaban J connectivity index is 2.08. The number of carbonyl (C=O) groups is 2. The normalized spacial score (nSPS) is 17.6. The highest BCUT2D eigenvalue weighted by atomic mass is 16.5. The molecule has 1 saturated heterocycles. The molecule has 0 saturated carbocycles. The zero-order chi connectivity index (χ0) is 24.8. The van der Waals surface area contributed by atoms with E-state index in [0.717, 1.165) is 0 Å². The highest BCUT2D eigenvalue weighted by molar-refractivity contribution is 6.46. The molecule has 0 bridgehead atoms. The van der Waals surface area contributed by atoms with Crippen molar-refractivity contribution in [1.29, 1.82) is 0 Å². The average Bonchev–Trinajstić information content (AvgIpc) is 3.05. The maximum Gasteiger partial charge on any atom is 0.295 e. The first-order valence-corrected chi connectivity index (χ1v) is 11.5. The number of ether oxygens (including phenoxy) is 3. The van der Waals surface area contributed by atoms with Crippen LogP contribution in [0.1, 0.15) is 51.3 Å². The van der Waals surface area contributed by atoms with Crippen molar-refractivity contribution < 1.29 is 28.9 Å². The van der Waals surface area contributed by atoms with Gasteiger partial charge in [-0.1, -0.05) is 30.3 Å². The second-order valence-electron chi connectivity index (χ2n) is 8.70. The number of Topliss-reactive ketones (excluding diaryl/α,β-unsaturated/α-hetero) is 1. The van der Waals surface area contributed by atoms with E-state index >= 15 is 0 Å². The molecule has 3 rings (SSSR count). The first kappa shape index (κ1) is 25.3. The van der Waals surface area contributed by atoms with Crippen molar-refractivity contribution in [3.05, 3.63) is 65.2 Å². The van der Waals surface area contributed by atoms with Gasteiger partial charge >= 0.3 is 0 Å². The first-order chi connectivity index (χ1) is 16.2. The molecule has 182 valence electrons. The third kappa shape index (κ3) is 5.59. The molecule has 2 aromatic rings. The molecule has 1 N–H and O–H groups in total. The Kier molecular flexibility index (Phi) is 8.34. The van der Waals surface area contributed by atoms with Gasteiger partial charge in [0.25, 0.3) is 11.7 Å². The highest BCUT2D eigenvalue weighted by Gasteiger charge is 2.46. The Bertz CT molecular complexity index is 1060. The van der Waals surface area contributed by atoms with Crippen LogP contribution in [-0.2, 0) is 14.3 Å². The number of hydrogen-bond acceptors (Lipinski definition) is 6. The first-order valence-electron chi connectivity index (χ1n) is 11.5. The molecule has 1 amide bonds. The smallest absolute Gasteiger partial charge is 0.295 e. The van der Waals surface area contributed by atoms with Crippen LogP contribution in [0.4, 0.5) is 0 Å². The van der Waals surface area contributed by atoms with Crippen LogP contribution in [0.2, 0.25) is 0 Å². The maximum absolute atomic E-state index is 13.2. The summed E-state index contributed by atoms with van der Waals surface area (Å²) in [4.78, 5) is 27.8. The van der Waals surface area contributed by atoms with Crippen molar-refractivity contribution >= 4 is 17.4 Å². The molecule has 1 fully saturated rings. The molecule has 34 heavy (non-hydrogen) atoms. The van der Waals surface area contributed by atoms with E-state index in [2.05, 4.69) is 0 Å². The van der Waals surface area contributed by atoms with Crippen LogP contribution >= 0.6 is 0 Å². The van der Waals surface area contributed by atoms with Gasteiger partial charge in [-0.05, 0) is 52.3 Å². The molecule has 1 aliphatic rings. The molecule has 7 nitrogen and oxygen atoms in total. The molecule has 1 unspecified atom stereocenters. The summed E-state index contributed by atoms with van der Waals surface area (Å²) in [5.74, 6) is -0.539. The fraction of sp³-hybridized carbons (Fsp3) is 0.407. The molecule has 0 spiro atoms. The summed E-state index contributed by atoms with van der Waals surface area (Å²) in [5, 5.41) is 11.3. The van der Waals surface area contributed by atoms with Gasteiger partial charge in [0.15, 0.2) is 0 Å². The molecule has 0 aromatic heterocycles. The number of aliphatic hydroxyl groups is 1. The van der Waals surface area contributed by atoms with Crippen LogP contribution < -0.4 is 9.47 Å². The molecule has 0 aliphatic carbocycles. The quantitative estimate of drug-likeness (QED) is 0.236. The van der Waals surface area contributed by atoms with E-state index in [0.29, 0.717) is 42.2 Å². The van der Waals surface area contributed by atoms with Gasteiger partial charge in [-0.25, -0.2) is 0 Å². The largest absolute Gasteiger partial charge is 0.507 e. The topological polar surface area (TPSA) is 85.3 Å². The fourth-order valence-electron chi connectivity index (χ4n) is 4.02. The Morgan fingerprint density at radius 3 is 2.44 bits per heavy atom. The number of para-hydroxylation sites is 1. The Morgan fingerprint density at radius 1 is 1.03 bits per heavy atom. The Hall–Kier alpha value is -3.32. The van der Waals surface area contributed by atoms with E-state index in [1.54, 1.807) is 36.4 Å². The number of rotatable bonds is 10. The number of methoxy groups -OCH3 is 1. The van der Waals surface area contributed by atoms with Crippen molar-refractivity contribution in [3.8, 4) is 11.5 Å². The zero-order valence-corrected chi connectivity index (χ0v) is 20.4. The summed E-state index contributed by atoms with van der Waals surface area (Å²) in [6.45, 7) is 8.45. The molecule has 0 radical (unpaired) electrons. The second kappa shape index (κ2) is 11.2. The summed E-state index contributed by atoms with van der Waals surface area (Å²) in [7, 11) is 1.54. The lowest BCUT2D eigenvalue weighted by atomic mass is 9.94. The lowest BCUT2D eigenvalue weighted by molar-refractivity contribution is -0.140. The minimum atomic E-state index is -0.787. The van der Waals surface area contributed by atoms with E-state index in [4.69, 9.17) is 14.2 Å². The standard InChI is InChI=1S/C27H33NO6/c1-17(2)33-15-9-14-28-24(21-12-6-7-13-22(21)32-5)23(26(30)27(28)31)25(29)19-10-8-11-20(16-19)34-18(3)4/h6-8,10-13,16-18,24,29H,9,14-15H2,1-5H3/b25-23+. The Morgan fingerprint density at radius 2 is 1.76 bits per heavy atom. The zero-order valence-electron chi connectivity index (χ0n) is 20.4. The van der Waals surface area contributed by atoms with Gasteiger partial charge in [0.1, 0.15) is 17.3 Å². The number of likely N-dealkylation sites (tertiary alicyclic amines) is 1. The minimum Gasteiger partial charge on any atom is -0.507 e. The van der Waals surface area contributed by atoms with E-state index < -0.39 is 17.7 Å². The van der Waals surface area contributed by atoms with Gasteiger partial charge in [0.2, 0.25) is 0 Å². The lowest BCUT2D eigenvalue weighted by Gasteiger charge is -2.26. The van der Waals surface area contributed by atoms with Crippen molar-refractivity contribution in [2.75, 3.05) is 20.3 Å². The van der Waals surface area contributed by atoms with Crippen LogP contribution in [0, 0.1) is 0 Å². The number of hydrogen-bond donors (Lipinski definition) is 1. The van der Waals surface area contributed by atoms with Gasteiger partial charge in [-0.2, -0.15) is 0 Å². The van der Waals surface area contributed by atoms with Gasteiger partial charge < -0.3 is 24.2 Å². The molecular weight excluding hydrogens is 434 g/mol. The number of ketones is 1. The van der Waals surface area contributed by atoms with Gasteiger partial charge in [0, 0.05) is 24.3 Å². The van der Waals surface area contributed by atoms with Crippen molar-refractivity contribution in [3.63, 3.8) is 0 Å². The van der Waals surface area contributed by atoms with E-state index in [1.807, 2.05) is 39.8 Å². The van der Waals surface area contributed by atoms with Crippen LogP contribution in [0.15, 0.2) is 54.1 Å². The van der Waals surface area contributed by atoms with Gasteiger partial charge in [-0.15, -0.1) is 0 Å².